The average molecular weight is 241 g/mol. The van der Waals surface area contributed by atoms with Gasteiger partial charge in [-0.25, -0.2) is 4.79 Å². The predicted octanol–water partition coefficient (Wildman–Crippen LogP) is -0.349. The van der Waals surface area contributed by atoms with Gasteiger partial charge in [0.15, 0.2) is 0 Å². The smallest absolute Gasteiger partial charge is 0.317 e. The van der Waals surface area contributed by atoms with Gasteiger partial charge in [0.05, 0.1) is 13.2 Å². The Bertz CT molecular complexity index is 290. The molecule has 6 heteroatoms. The number of morpholine rings is 1. The molecule has 2 heterocycles. The Hall–Kier alpha value is -1.30. The summed E-state index contributed by atoms with van der Waals surface area (Å²) in [6.45, 7) is 4.60. The molecular formula is C11H19N3O3. The molecule has 0 unspecified atom stereocenters. The fourth-order valence-corrected chi connectivity index (χ4v) is 2.09. The summed E-state index contributed by atoms with van der Waals surface area (Å²) in [5, 5.41) is 2.78. The zero-order valence-corrected chi connectivity index (χ0v) is 9.98. The lowest BCUT2D eigenvalue weighted by Crippen LogP contribution is -2.48. The monoisotopic (exact) mass is 241 g/mol. The number of hydrogen-bond donors (Lipinski definition) is 1. The van der Waals surface area contributed by atoms with Crippen LogP contribution in [0, 0.1) is 0 Å². The van der Waals surface area contributed by atoms with Crippen LogP contribution in [-0.4, -0.2) is 67.7 Å². The third-order valence-corrected chi connectivity index (χ3v) is 3.13. The van der Waals surface area contributed by atoms with Gasteiger partial charge in [-0.3, -0.25) is 4.79 Å². The minimum absolute atomic E-state index is 0.0500. The summed E-state index contributed by atoms with van der Waals surface area (Å²) in [6.07, 6.45) is 1.37. The first-order chi connectivity index (χ1) is 8.27. The Morgan fingerprint density at radius 3 is 2.76 bits per heavy atom. The van der Waals surface area contributed by atoms with E-state index in [2.05, 4.69) is 5.32 Å². The van der Waals surface area contributed by atoms with E-state index in [0.29, 0.717) is 39.3 Å². The molecule has 0 radical (unpaired) electrons. The summed E-state index contributed by atoms with van der Waals surface area (Å²) in [7, 11) is 0. The largest absolute Gasteiger partial charge is 0.378 e. The van der Waals surface area contributed by atoms with E-state index in [1.165, 1.54) is 0 Å². The molecule has 0 atom stereocenters. The third-order valence-electron chi connectivity index (χ3n) is 3.13. The van der Waals surface area contributed by atoms with Crippen molar-refractivity contribution in [3.8, 4) is 0 Å². The van der Waals surface area contributed by atoms with Crippen LogP contribution in [0.2, 0.25) is 0 Å². The van der Waals surface area contributed by atoms with Crippen molar-refractivity contribution in [3.05, 3.63) is 0 Å². The number of nitrogens with zero attached hydrogens (tertiary/aromatic N) is 2. The minimum Gasteiger partial charge on any atom is -0.378 e. The lowest BCUT2D eigenvalue weighted by molar-refractivity contribution is -0.135. The fraction of sp³-hybridized carbons (Fsp3) is 0.818. The van der Waals surface area contributed by atoms with Gasteiger partial charge in [-0.1, -0.05) is 0 Å². The molecule has 96 valence electrons. The van der Waals surface area contributed by atoms with Gasteiger partial charge in [0.25, 0.3) is 0 Å². The number of hydrogen-bond acceptors (Lipinski definition) is 3. The predicted molar refractivity (Wildman–Crippen MR) is 61.6 cm³/mol. The second-order valence-corrected chi connectivity index (χ2v) is 4.32. The molecule has 0 saturated carbocycles. The Labute approximate surface area is 101 Å². The van der Waals surface area contributed by atoms with Crippen molar-refractivity contribution in [3.63, 3.8) is 0 Å². The molecule has 0 aliphatic carbocycles. The van der Waals surface area contributed by atoms with E-state index in [4.69, 9.17) is 4.74 Å². The maximum absolute atomic E-state index is 11.9. The second-order valence-electron chi connectivity index (χ2n) is 4.32. The summed E-state index contributed by atoms with van der Waals surface area (Å²) in [5.74, 6) is 0.117. The van der Waals surface area contributed by atoms with Gasteiger partial charge in [0, 0.05) is 39.1 Å². The number of amides is 3. The Kier molecular flexibility index (Phi) is 4.19. The van der Waals surface area contributed by atoms with Crippen molar-refractivity contribution in [1.82, 2.24) is 15.1 Å². The molecule has 6 nitrogen and oxygen atoms in total. The molecule has 0 bridgehead atoms. The molecule has 3 amide bonds. The number of carbonyl (C=O) groups is 2. The molecule has 1 N–H and O–H groups in total. The molecule has 0 aromatic rings. The topological polar surface area (TPSA) is 61.9 Å². The Balaban J connectivity index is 1.73. The number of urea groups is 1. The quantitative estimate of drug-likeness (QED) is 0.734. The molecule has 2 aliphatic heterocycles. The van der Waals surface area contributed by atoms with E-state index >= 15 is 0 Å². The summed E-state index contributed by atoms with van der Waals surface area (Å²) >= 11 is 0. The van der Waals surface area contributed by atoms with Crippen LogP contribution in [0.25, 0.3) is 0 Å². The van der Waals surface area contributed by atoms with Crippen LogP contribution < -0.4 is 5.32 Å². The van der Waals surface area contributed by atoms with Crippen molar-refractivity contribution >= 4 is 11.9 Å². The summed E-state index contributed by atoms with van der Waals surface area (Å²) < 4.78 is 5.19. The summed E-state index contributed by atoms with van der Waals surface area (Å²) in [4.78, 5) is 26.8. The van der Waals surface area contributed by atoms with Crippen molar-refractivity contribution in [1.29, 1.82) is 0 Å². The van der Waals surface area contributed by atoms with Gasteiger partial charge in [-0.2, -0.15) is 0 Å². The fourth-order valence-electron chi connectivity index (χ4n) is 2.09. The number of carbonyl (C=O) groups excluding carboxylic acids is 2. The van der Waals surface area contributed by atoms with Crippen molar-refractivity contribution < 1.29 is 14.3 Å². The highest BCUT2D eigenvalue weighted by molar-refractivity contribution is 5.78. The van der Waals surface area contributed by atoms with Crippen molar-refractivity contribution in [2.45, 2.75) is 12.8 Å². The van der Waals surface area contributed by atoms with Gasteiger partial charge in [-0.15, -0.1) is 0 Å². The van der Waals surface area contributed by atoms with Crippen LogP contribution in [0.1, 0.15) is 12.8 Å². The van der Waals surface area contributed by atoms with Crippen LogP contribution in [0.5, 0.6) is 0 Å². The molecule has 0 aromatic carbocycles. The molecule has 2 saturated heterocycles. The first-order valence-corrected chi connectivity index (χ1v) is 6.15. The maximum atomic E-state index is 11.9. The van der Waals surface area contributed by atoms with Gasteiger partial charge in [-0.05, 0) is 6.42 Å². The van der Waals surface area contributed by atoms with Crippen molar-refractivity contribution in [2.75, 3.05) is 45.9 Å². The maximum Gasteiger partial charge on any atom is 0.317 e. The molecule has 2 aliphatic rings. The van der Waals surface area contributed by atoms with E-state index in [1.54, 1.807) is 4.90 Å². The van der Waals surface area contributed by atoms with E-state index in [0.717, 1.165) is 19.5 Å². The van der Waals surface area contributed by atoms with Crippen LogP contribution in [0.4, 0.5) is 4.79 Å². The third kappa shape index (κ3) is 3.33. The standard InChI is InChI=1S/C11H19N3O3/c15-10(13-6-8-17-9-7-13)2-5-14-4-1-3-12-11(14)16/h1-9H2,(H,12,16). The van der Waals surface area contributed by atoms with Gasteiger partial charge in [0.2, 0.25) is 5.91 Å². The highest BCUT2D eigenvalue weighted by atomic mass is 16.5. The number of rotatable bonds is 3. The van der Waals surface area contributed by atoms with Gasteiger partial charge in [0.1, 0.15) is 0 Å². The molecule has 0 spiro atoms. The molecule has 2 rings (SSSR count). The molecular weight excluding hydrogens is 222 g/mol. The average Bonchev–Trinajstić information content (AvgIpc) is 2.38. The Morgan fingerprint density at radius 2 is 2.06 bits per heavy atom. The number of nitrogens with one attached hydrogen (secondary N) is 1. The lowest BCUT2D eigenvalue weighted by atomic mass is 10.2. The summed E-state index contributed by atoms with van der Waals surface area (Å²) in [6, 6.07) is -0.0500. The zero-order valence-electron chi connectivity index (χ0n) is 9.98. The van der Waals surface area contributed by atoms with Gasteiger partial charge >= 0.3 is 6.03 Å². The Morgan fingerprint density at radius 1 is 1.29 bits per heavy atom. The molecule has 17 heavy (non-hydrogen) atoms. The highest BCUT2D eigenvalue weighted by Gasteiger charge is 2.21. The van der Waals surface area contributed by atoms with E-state index in [1.807, 2.05) is 4.90 Å². The summed E-state index contributed by atoms with van der Waals surface area (Å²) in [5.41, 5.74) is 0. The SMILES string of the molecule is O=C(CCN1CCCNC1=O)N1CCOCC1. The first-order valence-electron chi connectivity index (χ1n) is 6.15. The van der Waals surface area contributed by atoms with Crippen LogP contribution in [-0.2, 0) is 9.53 Å². The van der Waals surface area contributed by atoms with Gasteiger partial charge < -0.3 is 19.9 Å². The second kappa shape index (κ2) is 5.86. The van der Waals surface area contributed by atoms with E-state index in [-0.39, 0.29) is 11.9 Å². The highest BCUT2D eigenvalue weighted by Crippen LogP contribution is 2.04. The van der Waals surface area contributed by atoms with Crippen LogP contribution in [0.3, 0.4) is 0 Å². The molecule has 2 fully saturated rings. The number of ether oxygens (including phenoxy) is 1. The van der Waals surface area contributed by atoms with E-state index < -0.39 is 0 Å². The molecule has 0 aromatic heterocycles. The lowest BCUT2D eigenvalue weighted by Gasteiger charge is -2.30. The van der Waals surface area contributed by atoms with Crippen LogP contribution >= 0.6 is 0 Å². The van der Waals surface area contributed by atoms with Crippen molar-refractivity contribution in [2.24, 2.45) is 0 Å². The zero-order chi connectivity index (χ0) is 12.1. The first kappa shape index (κ1) is 12.2. The van der Waals surface area contributed by atoms with E-state index in [9.17, 15) is 9.59 Å². The van der Waals surface area contributed by atoms with Crippen LogP contribution in [0.15, 0.2) is 0 Å². The minimum atomic E-state index is -0.0500. The normalized spacial score (nSPS) is 21.3.